The summed E-state index contributed by atoms with van der Waals surface area (Å²) in [4.78, 5) is 28.4. The van der Waals surface area contributed by atoms with Crippen molar-refractivity contribution in [1.82, 2.24) is 10.2 Å². The molecule has 8 nitrogen and oxygen atoms in total. The maximum Gasteiger partial charge on any atom is 0.264 e. The minimum absolute atomic E-state index is 0.0372. The molecule has 3 rings (SSSR count). The van der Waals surface area contributed by atoms with Crippen molar-refractivity contribution in [3.8, 4) is 5.75 Å². The molecule has 40 heavy (non-hydrogen) atoms. The average Bonchev–Trinajstić information content (AvgIpc) is 2.94. The first-order valence-corrected chi connectivity index (χ1v) is 15.0. The molecule has 0 aromatic heterocycles. The summed E-state index contributed by atoms with van der Waals surface area (Å²) in [6.45, 7) is 7.54. The number of para-hydroxylation sites is 2. The number of carbonyl (C=O) groups excluding carboxylic acids is 2. The van der Waals surface area contributed by atoms with Crippen molar-refractivity contribution in [3.63, 3.8) is 0 Å². The van der Waals surface area contributed by atoms with E-state index in [1.165, 1.54) is 17.0 Å². The van der Waals surface area contributed by atoms with Crippen LogP contribution in [0.3, 0.4) is 0 Å². The molecule has 0 fully saturated rings. The molecule has 0 heterocycles. The van der Waals surface area contributed by atoms with Crippen LogP contribution in [0.5, 0.6) is 5.75 Å². The van der Waals surface area contributed by atoms with Crippen molar-refractivity contribution in [1.29, 1.82) is 0 Å². The van der Waals surface area contributed by atoms with E-state index < -0.39 is 28.5 Å². The fraction of sp³-hybridized carbons (Fsp3) is 0.333. The van der Waals surface area contributed by atoms with E-state index in [1.807, 2.05) is 13.8 Å². The quantitative estimate of drug-likeness (QED) is 0.298. The van der Waals surface area contributed by atoms with Crippen LogP contribution in [0.25, 0.3) is 0 Å². The van der Waals surface area contributed by atoms with Crippen molar-refractivity contribution in [2.45, 2.75) is 51.6 Å². The highest BCUT2D eigenvalue weighted by Gasteiger charge is 2.33. The number of nitrogens with zero attached hydrogens (tertiary/aromatic N) is 2. The Bertz CT molecular complexity index is 1400. The van der Waals surface area contributed by atoms with E-state index in [9.17, 15) is 18.0 Å². The van der Waals surface area contributed by atoms with Crippen LogP contribution in [0, 0.1) is 6.92 Å². The molecule has 1 N–H and O–H groups in total. The van der Waals surface area contributed by atoms with Gasteiger partial charge in [0.2, 0.25) is 11.8 Å². The second-order valence-corrected chi connectivity index (χ2v) is 11.6. The summed E-state index contributed by atoms with van der Waals surface area (Å²) in [5.74, 6) is -0.547. The number of aryl methyl sites for hydroxylation is 1. The molecule has 0 saturated carbocycles. The highest BCUT2D eigenvalue weighted by Crippen LogP contribution is 2.33. The van der Waals surface area contributed by atoms with Crippen LogP contribution in [0.1, 0.15) is 38.3 Å². The van der Waals surface area contributed by atoms with Gasteiger partial charge in [-0.2, -0.15) is 0 Å². The van der Waals surface area contributed by atoms with Gasteiger partial charge in [-0.05, 0) is 69.2 Å². The Kier molecular flexibility index (Phi) is 11.0. The minimum atomic E-state index is -4.19. The number of ether oxygens (including phenoxy) is 1. The zero-order chi connectivity index (χ0) is 29.3. The van der Waals surface area contributed by atoms with Crippen LogP contribution in [0.4, 0.5) is 5.69 Å². The maximum atomic E-state index is 14.0. The van der Waals surface area contributed by atoms with Gasteiger partial charge in [0, 0.05) is 18.1 Å². The number of sulfonamides is 1. The second kappa shape index (κ2) is 14.2. The topological polar surface area (TPSA) is 96.0 Å². The van der Waals surface area contributed by atoms with E-state index in [1.54, 1.807) is 74.5 Å². The van der Waals surface area contributed by atoms with Gasteiger partial charge < -0.3 is 15.0 Å². The van der Waals surface area contributed by atoms with Crippen molar-refractivity contribution in [3.05, 3.63) is 88.9 Å². The van der Waals surface area contributed by atoms with E-state index in [0.717, 1.165) is 21.9 Å². The van der Waals surface area contributed by atoms with Gasteiger partial charge in [0.1, 0.15) is 18.3 Å². The zero-order valence-corrected chi connectivity index (χ0v) is 24.8. The molecule has 0 bridgehead atoms. The molecule has 0 aliphatic rings. The van der Waals surface area contributed by atoms with Crippen molar-refractivity contribution in [2.75, 3.05) is 24.0 Å². The Hall–Kier alpha value is -3.56. The van der Waals surface area contributed by atoms with Crippen LogP contribution < -0.4 is 14.4 Å². The lowest BCUT2D eigenvalue weighted by atomic mass is 10.1. The van der Waals surface area contributed by atoms with Crippen molar-refractivity contribution < 1.29 is 22.7 Å². The second-order valence-electron chi connectivity index (χ2n) is 9.34. The third kappa shape index (κ3) is 7.76. The highest BCUT2D eigenvalue weighted by atomic mass is 35.5. The Morgan fingerprint density at radius 3 is 2.25 bits per heavy atom. The normalized spacial score (nSPS) is 11.9. The van der Waals surface area contributed by atoms with E-state index in [0.29, 0.717) is 23.9 Å². The number of nitrogens with one attached hydrogen (secondary N) is 1. The smallest absolute Gasteiger partial charge is 0.264 e. The lowest BCUT2D eigenvalue weighted by Gasteiger charge is -2.32. The number of hydrogen-bond acceptors (Lipinski definition) is 5. The third-order valence-electron chi connectivity index (χ3n) is 6.30. The molecule has 0 aliphatic carbocycles. The molecule has 0 radical (unpaired) electrons. The summed E-state index contributed by atoms with van der Waals surface area (Å²) in [5.41, 5.74) is 1.88. The summed E-state index contributed by atoms with van der Waals surface area (Å²) in [7, 11) is -4.19. The Balaban J connectivity index is 2.06. The SMILES string of the molecule is CCCNC(=O)[C@H](C)N(Cc1ccc(Cl)cc1)C(=O)CN(c1ccccc1OCC)S(=O)(=O)c1ccc(C)cc1. The molecule has 2 amide bonds. The maximum absolute atomic E-state index is 14.0. The largest absolute Gasteiger partial charge is 0.492 e. The summed E-state index contributed by atoms with van der Waals surface area (Å²) in [6, 6.07) is 19.2. The van der Waals surface area contributed by atoms with Crippen molar-refractivity contribution in [2.24, 2.45) is 0 Å². The average molecular weight is 586 g/mol. The molecule has 1 atom stereocenters. The molecule has 3 aromatic rings. The Morgan fingerprint density at radius 1 is 0.975 bits per heavy atom. The summed E-state index contributed by atoms with van der Waals surface area (Å²) < 4.78 is 34.8. The van der Waals surface area contributed by atoms with Gasteiger partial charge in [-0.1, -0.05) is 60.5 Å². The van der Waals surface area contributed by atoms with Gasteiger partial charge in [-0.3, -0.25) is 13.9 Å². The lowest BCUT2D eigenvalue weighted by molar-refractivity contribution is -0.139. The van der Waals surface area contributed by atoms with Crippen LogP contribution in [0.2, 0.25) is 5.02 Å². The van der Waals surface area contributed by atoms with Crippen LogP contribution in [0.15, 0.2) is 77.7 Å². The Labute approximate surface area is 241 Å². The van der Waals surface area contributed by atoms with Crippen LogP contribution >= 0.6 is 11.6 Å². The molecule has 3 aromatic carbocycles. The minimum Gasteiger partial charge on any atom is -0.492 e. The number of halogens is 1. The van der Waals surface area contributed by atoms with E-state index in [2.05, 4.69) is 5.32 Å². The molecule has 10 heteroatoms. The molecule has 0 unspecified atom stereocenters. The molecular formula is C30H36ClN3O5S. The number of carbonyl (C=O) groups is 2. The first-order chi connectivity index (χ1) is 19.1. The summed E-state index contributed by atoms with van der Waals surface area (Å²) in [6.07, 6.45) is 0.736. The standard InChI is InChI=1S/C30H36ClN3O5S/c1-5-19-32-30(36)23(4)33(20-24-13-15-25(31)16-14-24)29(35)21-34(27-9-7-8-10-28(27)39-6-2)40(37,38)26-17-11-22(3)12-18-26/h7-18,23H,5-6,19-21H2,1-4H3,(H,32,36)/t23-/m0/s1. The van der Waals surface area contributed by atoms with Crippen LogP contribution in [-0.4, -0.2) is 50.9 Å². The van der Waals surface area contributed by atoms with Gasteiger partial charge in [-0.15, -0.1) is 0 Å². The number of anilines is 1. The number of rotatable bonds is 13. The highest BCUT2D eigenvalue weighted by molar-refractivity contribution is 7.92. The lowest BCUT2D eigenvalue weighted by Crippen LogP contribution is -2.51. The molecular weight excluding hydrogens is 550 g/mol. The number of benzene rings is 3. The van der Waals surface area contributed by atoms with Gasteiger partial charge >= 0.3 is 0 Å². The van der Waals surface area contributed by atoms with Gasteiger partial charge in [0.25, 0.3) is 10.0 Å². The van der Waals surface area contributed by atoms with Gasteiger partial charge in [0.15, 0.2) is 0 Å². The number of hydrogen-bond donors (Lipinski definition) is 1. The van der Waals surface area contributed by atoms with E-state index in [-0.39, 0.29) is 23.0 Å². The fourth-order valence-corrected chi connectivity index (χ4v) is 5.61. The third-order valence-corrected chi connectivity index (χ3v) is 8.33. The monoisotopic (exact) mass is 585 g/mol. The molecule has 0 saturated heterocycles. The van der Waals surface area contributed by atoms with Gasteiger partial charge in [0.05, 0.1) is 17.2 Å². The number of amides is 2. The first kappa shape index (κ1) is 31.0. The molecule has 0 aliphatic heterocycles. The van der Waals surface area contributed by atoms with Crippen molar-refractivity contribution >= 4 is 39.1 Å². The predicted molar refractivity (Wildman–Crippen MR) is 158 cm³/mol. The van der Waals surface area contributed by atoms with Crippen LogP contribution in [-0.2, 0) is 26.2 Å². The summed E-state index contributed by atoms with van der Waals surface area (Å²) >= 11 is 6.05. The van der Waals surface area contributed by atoms with Gasteiger partial charge in [-0.25, -0.2) is 8.42 Å². The zero-order valence-electron chi connectivity index (χ0n) is 23.3. The van der Waals surface area contributed by atoms with E-state index >= 15 is 0 Å². The first-order valence-electron chi connectivity index (χ1n) is 13.2. The summed E-state index contributed by atoms with van der Waals surface area (Å²) in [5, 5.41) is 3.37. The molecule has 0 spiro atoms. The Morgan fingerprint density at radius 2 is 1.62 bits per heavy atom. The molecule has 214 valence electrons. The predicted octanol–water partition coefficient (Wildman–Crippen LogP) is 5.19. The van der Waals surface area contributed by atoms with E-state index in [4.69, 9.17) is 16.3 Å². The fourth-order valence-electron chi connectivity index (χ4n) is 4.06.